The van der Waals surface area contributed by atoms with Crippen molar-refractivity contribution in [3.63, 3.8) is 0 Å². The zero-order valence-electron chi connectivity index (χ0n) is 15.0. The van der Waals surface area contributed by atoms with Gasteiger partial charge in [0, 0.05) is 12.3 Å². The minimum Gasteiger partial charge on any atom is -0.387 e. The van der Waals surface area contributed by atoms with Crippen molar-refractivity contribution in [1.29, 1.82) is 0 Å². The van der Waals surface area contributed by atoms with Crippen molar-refractivity contribution in [2.45, 2.75) is 89.3 Å². The SMILES string of the molecule is C=C1CC[C@H](C(C)C)[C@@H]2[C@H]1[C@H]1C[C@](C)(O)[C@@H]3CCC(C)(O3)[C@@H]2O1. The minimum atomic E-state index is -0.798. The van der Waals surface area contributed by atoms with Crippen molar-refractivity contribution in [2.75, 3.05) is 0 Å². The maximum absolute atomic E-state index is 11.0. The lowest BCUT2D eigenvalue weighted by Crippen LogP contribution is -2.50. The third-order valence-electron chi connectivity index (χ3n) is 7.33. The van der Waals surface area contributed by atoms with Crippen LogP contribution in [-0.4, -0.2) is 34.6 Å². The smallest absolute Gasteiger partial charge is 0.0924 e. The molecule has 0 aromatic heterocycles. The number of hydrogen-bond donors (Lipinski definition) is 1. The molecule has 4 aliphatic rings. The van der Waals surface area contributed by atoms with E-state index in [-0.39, 0.29) is 23.9 Å². The van der Waals surface area contributed by atoms with Crippen LogP contribution >= 0.6 is 0 Å². The Morgan fingerprint density at radius 1 is 1.26 bits per heavy atom. The van der Waals surface area contributed by atoms with Gasteiger partial charge in [-0.1, -0.05) is 26.0 Å². The van der Waals surface area contributed by atoms with Crippen LogP contribution in [0.1, 0.15) is 59.8 Å². The maximum Gasteiger partial charge on any atom is 0.0924 e. The molecule has 4 fully saturated rings. The monoisotopic (exact) mass is 320 g/mol. The molecule has 4 rings (SSSR count). The molecule has 3 saturated heterocycles. The van der Waals surface area contributed by atoms with Crippen LogP contribution in [0.2, 0.25) is 0 Å². The molecule has 0 radical (unpaired) electrons. The molecule has 0 aromatic carbocycles. The summed E-state index contributed by atoms with van der Waals surface area (Å²) in [4.78, 5) is 0. The first-order valence-corrected chi connectivity index (χ1v) is 9.46. The molecule has 0 spiro atoms. The van der Waals surface area contributed by atoms with E-state index >= 15 is 0 Å². The first kappa shape index (κ1) is 16.1. The normalized spacial score (nSPS) is 55.7. The van der Waals surface area contributed by atoms with Crippen LogP contribution in [-0.2, 0) is 9.47 Å². The van der Waals surface area contributed by atoms with E-state index < -0.39 is 5.60 Å². The summed E-state index contributed by atoms with van der Waals surface area (Å²) in [5.41, 5.74) is 0.293. The topological polar surface area (TPSA) is 38.7 Å². The van der Waals surface area contributed by atoms with Crippen molar-refractivity contribution in [1.82, 2.24) is 0 Å². The number of fused-ring (bicyclic) bond motifs is 8. The number of aliphatic hydroxyl groups is 1. The molecular weight excluding hydrogens is 288 g/mol. The van der Waals surface area contributed by atoms with Crippen molar-refractivity contribution in [3.05, 3.63) is 12.2 Å². The van der Waals surface area contributed by atoms with E-state index in [4.69, 9.17) is 9.47 Å². The fourth-order valence-electron chi connectivity index (χ4n) is 6.09. The van der Waals surface area contributed by atoms with Gasteiger partial charge in [-0.3, -0.25) is 0 Å². The van der Waals surface area contributed by atoms with Gasteiger partial charge in [0.2, 0.25) is 0 Å². The summed E-state index contributed by atoms with van der Waals surface area (Å²) in [5.74, 6) is 2.22. The molecule has 0 aromatic rings. The average Bonchev–Trinajstić information content (AvgIpc) is 3.02. The molecule has 1 aliphatic carbocycles. The van der Waals surface area contributed by atoms with E-state index in [1.165, 1.54) is 12.0 Å². The molecule has 0 amide bonds. The second-order valence-corrected chi connectivity index (χ2v) is 9.32. The molecule has 4 bridgehead atoms. The summed E-state index contributed by atoms with van der Waals surface area (Å²) in [6.45, 7) is 13.2. The zero-order chi connectivity index (χ0) is 16.6. The Hall–Kier alpha value is -0.380. The molecule has 3 aliphatic heterocycles. The average molecular weight is 320 g/mol. The second-order valence-electron chi connectivity index (χ2n) is 9.32. The van der Waals surface area contributed by atoms with Crippen LogP contribution in [0.15, 0.2) is 12.2 Å². The van der Waals surface area contributed by atoms with Gasteiger partial charge in [0.1, 0.15) is 0 Å². The Kier molecular flexibility index (Phi) is 3.54. The van der Waals surface area contributed by atoms with Crippen LogP contribution in [0.4, 0.5) is 0 Å². The highest BCUT2D eigenvalue weighted by Gasteiger charge is 2.63. The van der Waals surface area contributed by atoms with Crippen LogP contribution in [0.5, 0.6) is 0 Å². The fraction of sp³-hybridized carbons (Fsp3) is 0.900. The molecule has 1 saturated carbocycles. The maximum atomic E-state index is 11.0. The van der Waals surface area contributed by atoms with E-state index in [1.807, 2.05) is 6.92 Å². The van der Waals surface area contributed by atoms with E-state index in [1.54, 1.807) is 0 Å². The lowest BCUT2D eigenvalue weighted by atomic mass is 9.61. The van der Waals surface area contributed by atoms with Gasteiger partial charge in [0.25, 0.3) is 0 Å². The molecule has 1 unspecified atom stereocenters. The van der Waals surface area contributed by atoms with Gasteiger partial charge in [-0.05, 0) is 57.3 Å². The van der Waals surface area contributed by atoms with Gasteiger partial charge >= 0.3 is 0 Å². The van der Waals surface area contributed by atoms with Crippen LogP contribution in [0, 0.1) is 23.7 Å². The first-order chi connectivity index (χ1) is 10.7. The summed E-state index contributed by atoms with van der Waals surface area (Å²) in [6, 6.07) is 0. The van der Waals surface area contributed by atoms with E-state index in [2.05, 4.69) is 27.4 Å². The fourth-order valence-corrected chi connectivity index (χ4v) is 6.09. The van der Waals surface area contributed by atoms with Gasteiger partial charge in [-0.2, -0.15) is 0 Å². The number of rotatable bonds is 1. The predicted octanol–water partition coefficient (Wildman–Crippen LogP) is 3.70. The highest BCUT2D eigenvalue weighted by molar-refractivity contribution is 5.20. The Labute approximate surface area is 140 Å². The van der Waals surface area contributed by atoms with Crippen LogP contribution in [0.3, 0.4) is 0 Å². The summed E-state index contributed by atoms with van der Waals surface area (Å²) in [6.07, 6.45) is 5.16. The van der Waals surface area contributed by atoms with Gasteiger partial charge in [0.05, 0.1) is 29.5 Å². The van der Waals surface area contributed by atoms with Gasteiger partial charge in [0.15, 0.2) is 0 Å². The first-order valence-electron chi connectivity index (χ1n) is 9.46. The van der Waals surface area contributed by atoms with E-state index in [9.17, 15) is 5.11 Å². The summed E-state index contributed by atoms with van der Waals surface area (Å²) >= 11 is 0. The Morgan fingerprint density at radius 2 is 2.00 bits per heavy atom. The Morgan fingerprint density at radius 3 is 2.70 bits per heavy atom. The number of hydrogen-bond acceptors (Lipinski definition) is 3. The van der Waals surface area contributed by atoms with Crippen molar-refractivity contribution < 1.29 is 14.6 Å². The van der Waals surface area contributed by atoms with E-state index in [0.717, 1.165) is 19.3 Å². The molecule has 130 valence electrons. The summed E-state index contributed by atoms with van der Waals surface area (Å²) < 4.78 is 13.1. The molecule has 3 nitrogen and oxygen atoms in total. The van der Waals surface area contributed by atoms with Gasteiger partial charge in [-0.25, -0.2) is 0 Å². The molecule has 1 N–H and O–H groups in total. The van der Waals surface area contributed by atoms with Crippen molar-refractivity contribution >= 4 is 0 Å². The Bertz CT molecular complexity index is 511. The molecular formula is C20H32O3. The van der Waals surface area contributed by atoms with Crippen molar-refractivity contribution in [2.24, 2.45) is 23.7 Å². The second kappa shape index (κ2) is 5.06. The molecule has 8 atom stereocenters. The zero-order valence-corrected chi connectivity index (χ0v) is 15.0. The third-order valence-corrected chi connectivity index (χ3v) is 7.33. The standard InChI is InChI=1S/C20H32O3/c1-11(2)13-7-6-12(3)16-14-10-19(4,21)15-8-9-20(5,23-15)18(22-14)17(13)16/h11,13-18,21H,3,6-10H2,1-2,4-5H3/t13-,14-,15+,16-,17-,18-,19+,20?/m1/s1. The largest absolute Gasteiger partial charge is 0.387 e. The highest BCUT2D eigenvalue weighted by Crippen LogP contribution is 2.58. The quantitative estimate of drug-likeness (QED) is 0.749. The van der Waals surface area contributed by atoms with Crippen LogP contribution in [0.25, 0.3) is 0 Å². The minimum absolute atomic E-state index is 0.0488. The third kappa shape index (κ3) is 2.26. The van der Waals surface area contributed by atoms with Crippen LogP contribution < -0.4 is 0 Å². The number of ether oxygens (including phenoxy) is 2. The summed E-state index contributed by atoms with van der Waals surface area (Å²) in [5, 5.41) is 11.0. The highest BCUT2D eigenvalue weighted by atomic mass is 16.6. The van der Waals surface area contributed by atoms with E-state index in [0.29, 0.717) is 30.1 Å². The molecule has 3 heteroatoms. The lowest BCUT2D eigenvalue weighted by Gasteiger charge is -2.43. The summed E-state index contributed by atoms with van der Waals surface area (Å²) in [7, 11) is 0. The van der Waals surface area contributed by atoms with Crippen molar-refractivity contribution in [3.8, 4) is 0 Å². The molecule has 3 heterocycles. The Balaban J connectivity index is 1.78. The molecule has 23 heavy (non-hydrogen) atoms. The van der Waals surface area contributed by atoms with Gasteiger partial charge < -0.3 is 14.6 Å². The lowest BCUT2D eigenvalue weighted by molar-refractivity contribution is -0.207. The predicted molar refractivity (Wildman–Crippen MR) is 90.1 cm³/mol. The van der Waals surface area contributed by atoms with Gasteiger partial charge in [-0.15, -0.1) is 0 Å².